The van der Waals surface area contributed by atoms with E-state index in [0.717, 1.165) is 11.3 Å². The molecule has 1 aliphatic rings. The summed E-state index contributed by atoms with van der Waals surface area (Å²) >= 11 is 11.2. The Bertz CT molecular complexity index is 484. The molecular formula is C13H17ClN2O2S. The molecule has 3 N–H and O–H groups in total. The van der Waals surface area contributed by atoms with Gasteiger partial charge in [-0.05, 0) is 25.1 Å². The maximum atomic E-state index is 9.21. The first-order valence-electron chi connectivity index (χ1n) is 6.11. The van der Waals surface area contributed by atoms with Gasteiger partial charge in [-0.25, -0.2) is 0 Å². The average molecular weight is 301 g/mol. The maximum absolute atomic E-state index is 9.21. The summed E-state index contributed by atoms with van der Waals surface area (Å²) in [6.45, 7) is 3.25. The number of rotatable bonds is 3. The molecule has 1 aromatic rings. The van der Waals surface area contributed by atoms with Crippen molar-refractivity contribution in [3.05, 3.63) is 28.8 Å². The number of aliphatic hydroxyl groups excluding tert-OH is 1. The fourth-order valence-corrected chi connectivity index (χ4v) is 2.57. The minimum Gasteiger partial charge on any atom is -0.394 e. The van der Waals surface area contributed by atoms with E-state index in [1.165, 1.54) is 0 Å². The number of morpholine rings is 1. The molecule has 2 rings (SSSR count). The molecule has 2 unspecified atom stereocenters. The van der Waals surface area contributed by atoms with Crippen molar-refractivity contribution in [2.75, 3.05) is 24.7 Å². The topological polar surface area (TPSA) is 58.7 Å². The summed E-state index contributed by atoms with van der Waals surface area (Å²) in [5.41, 5.74) is 7.25. The van der Waals surface area contributed by atoms with Crippen molar-refractivity contribution in [1.29, 1.82) is 0 Å². The molecule has 1 heterocycles. The maximum Gasteiger partial charge on any atom is 0.104 e. The normalized spacial score (nSPS) is 23.4. The monoisotopic (exact) mass is 300 g/mol. The second-order valence-corrected chi connectivity index (χ2v) is 5.52. The van der Waals surface area contributed by atoms with Crippen molar-refractivity contribution in [3.8, 4) is 0 Å². The predicted molar refractivity (Wildman–Crippen MR) is 81.0 cm³/mol. The molecular weight excluding hydrogens is 284 g/mol. The van der Waals surface area contributed by atoms with E-state index in [1.54, 1.807) is 6.07 Å². The van der Waals surface area contributed by atoms with E-state index < -0.39 is 0 Å². The van der Waals surface area contributed by atoms with Crippen LogP contribution in [-0.4, -0.2) is 42.0 Å². The molecule has 0 spiro atoms. The van der Waals surface area contributed by atoms with Crippen LogP contribution in [0.5, 0.6) is 0 Å². The van der Waals surface area contributed by atoms with Gasteiger partial charge in [-0.2, -0.15) is 0 Å². The van der Waals surface area contributed by atoms with Crippen LogP contribution in [0, 0.1) is 0 Å². The van der Waals surface area contributed by atoms with Gasteiger partial charge in [-0.15, -0.1) is 0 Å². The first-order chi connectivity index (χ1) is 9.02. The van der Waals surface area contributed by atoms with Crippen LogP contribution in [0.25, 0.3) is 0 Å². The van der Waals surface area contributed by atoms with Crippen LogP contribution in [0.3, 0.4) is 0 Å². The smallest absolute Gasteiger partial charge is 0.104 e. The van der Waals surface area contributed by atoms with Crippen LogP contribution in [0.2, 0.25) is 5.02 Å². The lowest BCUT2D eigenvalue weighted by molar-refractivity contribution is -0.0103. The van der Waals surface area contributed by atoms with Gasteiger partial charge in [0.25, 0.3) is 0 Å². The Kier molecular flexibility index (Phi) is 4.62. The molecule has 0 radical (unpaired) electrons. The number of hydrogen-bond donors (Lipinski definition) is 2. The molecule has 2 atom stereocenters. The van der Waals surface area contributed by atoms with Gasteiger partial charge in [-0.1, -0.05) is 23.8 Å². The van der Waals surface area contributed by atoms with Gasteiger partial charge in [-0.3, -0.25) is 0 Å². The number of nitrogens with two attached hydrogens (primary N) is 1. The van der Waals surface area contributed by atoms with Crippen molar-refractivity contribution in [2.24, 2.45) is 5.73 Å². The highest BCUT2D eigenvalue weighted by Crippen LogP contribution is 2.30. The Morgan fingerprint density at radius 1 is 1.63 bits per heavy atom. The Hall–Kier alpha value is -0.880. The van der Waals surface area contributed by atoms with E-state index in [4.69, 9.17) is 34.3 Å². The first-order valence-corrected chi connectivity index (χ1v) is 6.90. The zero-order valence-corrected chi connectivity index (χ0v) is 12.2. The summed E-state index contributed by atoms with van der Waals surface area (Å²) in [6.07, 6.45) is -0.178. The summed E-state index contributed by atoms with van der Waals surface area (Å²) < 4.78 is 5.52. The zero-order chi connectivity index (χ0) is 14.0. The van der Waals surface area contributed by atoms with E-state index in [0.29, 0.717) is 23.2 Å². The molecule has 0 aromatic heterocycles. The van der Waals surface area contributed by atoms with Crippen molar-refractivity contribution >= 4 is 34.5 Å². The number of anilines is 1. The van der Waals surface area contributed by atoms with Crippen molar-refractivity contribution in [3.63, 3.8) is 0 Å². The summed E-state index contributed by atoms with van der Waals surface area (Å²) in [4.78, 5) is 2.47. The standard InChI is InChI=1S/C13H17ClN2O2S/c1-8-7-18-10(6-17)5-16(8)12-3-2-9(13(15)19)4-11(12)14/h2-4,8,10,17H,5-7H2,1H3,(H2,15,19). The van der Waals surface area contributed by atoms with Crippen LogP contribution in [0.4, 0.5) is 5.69 Å². The highest BCUT2D eigenvalue weighted by atomic mass is 35.5. The minimum atomic E-state index is -0.178. The highest BCUT2D eigenvalue weighted by Gasteiger charge is 2.27. The van der Waals surface area contributed by atoms with Crippen LogP contribution in [0.15, 0.2) is 18.2 Å². The van der Waals surface area contributed by atoms with Crippen molar-refractivity contribution < 1.29 is 9.84 Å². The molecule has 4 nitrogen and oxygen atoms in total. The number of ether oxygens (including phenoxy) is 1. The third-order valence-corrected chi connectivity index (χ3v) is 3.79. The first kappa shape index (κ1) is 14.5. The Morgan fingerprint density at radius 2 is 2.37 bits per heavy atom. The SMILES string of the molecule is CC1COC(CO)CN1c1ccc(C(N)=S)cc1Cl. The molecule has 1 saturated heterocycles. The molecule has 0 bridgehead atoms. The molecule has 0 amide bonds. The fourth-order valence-electron chi connectivity index (χ4n) is 2.16. The summed E-state index contributed by atoms with van der Waals surface area (Å²) in [6, 6.07) is 5.75. The van der Waals surface area contributed by atoms with Crippen LogP contribution in [0.1, 0.15) is 12.5 Å². The van der Waals surface area contributed by atoms with Gasteiger partial charge in [0.15, 0.2) is 0 Å². The molecule has 0 saturated carbocycles. The highest BCUT2D eigenvalue weighted by molar-refractivity contribution is 7.80. The van der Waals surface area contributed by atoms with Crippen LogP contribution >= 0.6 is 23.8 Å². The average Bonchev–Trinajstić information content (AvgIpc) is 2.39. The fraction of sp³-hybridized carbons (Fsp3) is 0.462. The summed E-state index contributed by atoms with van der Waals surface area (Å²) in [7, 11) is 0. The van der Waals surface area contributed by atoms with Gasteiger partial charge < -0.3 is 20.5 Å². The molecule has 1 aliphatic heterocycles. The third-order valence-electron chi connectivity index (χ3n) is 3.25. The summed E-state index contributed by atoms with van der Waals surface area (Å²) in [5.74, 6) is 0. The van der Waals surface area contributed by atoms with Gasteiger partial charge in [0.1, 0.15) is 4.99 Å². The Morgan fingerprint density at radius 3 is 2.95 bits per heavy atom. The largest absolute Gasteiger partial charge is 0.394 e. The second kappa shape index (κ2) is 6.05. The van der Waals surface area contributed by atoms with Gasteiger partial charge in [0.2, 0.25) is 0 Å². The lowest BCUT2D eigenvalue weighted by Gasteiger charge is -2.39. The van der Waals surface area contributed by atoms with Gasteiger partial charge >= 0.3 is 0 Å². The quantitative estimate of drug-likeness (QED) is 0.830. The van der Waals surface area contributed by atoms with E-state index in [-0.39, 0.29) is 18.8 Å². The lowest BCUT2D eigenvalue weighted by Crippen LogP contribution is -2.49. The molecule has 104 valence electrons. The van der Waals surface area contributed by atoms with E-state index in [1.807, 2.05) is 12.1 Å². The van der Waals surface area contributed by atoms with Gasteiger partial charge in [0, 0.05) is 18.2 Å². The number of nitrogens with zero attached hydrogens (tertiary/aromatic N) is 1. The lowest BCUT2D eigenvalue weighted by atomic mass is 10.1. The van der Waals surface area contributed by atoms with Gasteiger partial charge in [0.05, 0.1) is 30.0 Å². The third kappa shape index (κ3) is 3.17. The van der Waals surface area contributed by atoms with Crippen LogP contribution in [-0.2, 0) is 4.74 Å². The number of hydrogen-bond acceptors (Lipinski definition) is 4. The number of benzene rings is 1. The van der Waals surface area contributed by atoms with Crippen molar-refractivity contribution in [1.82, 2.24) is 0 Å². The predicted octanol–water partition coefficient (Wildman–Crippen LogP) is 1.56. The molecule has 1 aromatic carbocycles. The van der Waals surface area contributed by atoms with E-state index in [9.17, 15) is 5.11 Å². The zero-order valence-electron chi connectivity index (χ0n) is 10.7. The number of halogens is 1. The number of aliphatic hydroxyl groups is 1. The van der Waals surface area contributed by atoms with E-state index >= 15 is 0 Å². The Balaban J connectivity index is 2.27. The summed E-state index contributed by atoms with van der Waals surface area (Å²) in [5, 5.41) is 9.82. The minimum absolute atomic E-state index is 0.00576. The molecule has 6 heteroatoms. The Labute approximate surface area is 123 Å². The molecule has 19 heavy (non-hydrogen) atoms. The molecule has 1 fully saturated rings. The number of thiocarbonyl (C=S) groups is 1. The van der Waals surface area contributed by atoms with Crippen LogP contribution < -0.4 is 10.6 Å². The molecule has 0 aliphatic carbocycles. The second-order valence-electron chi connectivity index (χ2n) is 4.67. The van der Waals surface area contributed by atoms with Crippen molar-refractivity contribution in [2.45, 2.75) is 19.1 Å². The van der Waals surface area contributed by atoms with E-state index in [2.05, 4.69) is 11.8 Å².